The first-order valence-corrected chi connectivity index (χ1v) is 7.85. The van der Waals surface area contributed by atoms with Gasteiger partial charge in [0.05, 0.1) is 25.3 Å². The number of alkyl carbamates (subject to hydrolysis) is 2. The molecule has 0 aliphatic carbocycles. The third-order valence-corrected chi connectivity index (χ3v) is 2.26. The van der Waals surface area contributed by atoms with E-state index in [0.717, 1.165) is 0 Å². The van der Waals surface area contributed by atoms with Crippen LogP contribution in [0.15, 0.2) is 0 Å². The van der Waals surface area contributed by atoms with Crippen molar-refractivity contribution in [2.45, 2.75) is 78.7 Å². The van der Waals surface area contributed by atoms with E-state index in [0.29, 0.717) is 13.2 Å². The maximum absolute atomic E-state index is 11.6. The topological polar surface area (TPSA) is 85.9 Å². The van der Waals surface area contributed by atoms with Gasteiger partial charge in [-0.1, -0.05) is 0 Å². The number of amides is 2. The molecule has 2 amide bonds. The molecule has 0 bridgehead atoms. The van der Waals surface area contributed by atoms with Gasteiger partial charge < -0.3 is 24.8 Å². The maximum atomic E-state index is 11.6. The van der Waals surface area contributed by atoms with Crippen LogP contribution >= 0.6 is 0 Å². The summed E-state index contributed by atoms with van der Waals surface area (Å²) in [5, 5.41) is 5.37. The Labute approximate surface area is 139 Å². The highest BCUT2D eigenvalue weighted by atomic mass is 16.6. The fourth-order valence-electron chi connectivity index (χ4n) is 1.52. The van der Waals surface area contributed by atoms with Crippen LogP contribution in [0.1, 0.15) is 55.4 Å². The van der Waals surface area contributed by atoms with Gasteiger partial charge in [0, 0.05) is 0 Å². The van der Waals surface area contributed by atoms with Crippen LogP contribution in [0.2, 0.25) is 0 Å². The van der Waals surface area contributed by atoms with Crippen molar-refractivity contribution >= 4 is 12.2 Å². The molecular weight excluding hydrogens is 300 g/mol. The number of carbonyl (C=O) groups excluding carboxylic acids is 2. The predicted octanol–water partition coefficient (Wildman–Crippen LogP) is 2.83. The molecule has 2 atom stereocenters. The van der Waals surface area contributed by atoms with E-state index in [1.807, 2.05) is 13.8 Å². The van der Waals surface area contributed by atoms with E-state index in [-0.39, 0.29) is 12.1 Å². The molecule has 136 valence electrons. The molecule has 0 heterocycles. The van der Waals surface area contributed by atoms with E-state index in [1.165, 1.54) is 0 Å². The lowest BCUT2D eigenvalue weighted by Gasteiger charge is -2.23. The van der Waals surface area contributed by atoms with E-state index >= 15 is 0 Å². The van der Waals surface area contributed by atoms with Crippen molar-refractivity contribution in [3.8, 4) is 0 Å². The summed E-state index contributed by atoms with van der Waals surface area (Å²) >= 11 is 0. The molecule has 2 unspecified atom stereocenters. The molecule has 0 aromatic heterocycles. The van der Waals surface area contributed by atoms with Crippen molar-refractivity contribution < 1.29 is 23.8 Å². The molecule has 0 fully saturated rings. The van der Waals surface area contributed by atoms with Crippen LogP contribution in [0.3, 0.4) is 0 Å². The second-order valence-electron chi connectivity index (χ2n) is 7.63. The smallest absolute Gasteiger partial charge is 0.407 e. The normalized spacial score (nSPS) is 14.6. The fraction of sp³-hybridized carbons (Fsp3) is 0.875. The van der Waals surface area contributed by atoms with Crippen LogP contribution in [0.5, 0.6) is 0 Å². The Kier molecular flexibility index (Phi) is 8.37. The minimum atomic E-state index is -0.531. The predicted molar refractivity (Wildman–Crippen MR) is 88.5 cm³/mol. The summed E-state index contributed by atoms with van der Waals surface area (Å²) in [6, 6.07) is -0.392. The highest BCUT2D eigenvalue weighted by Gasteiger charge is 2.19. The number of hydrogen-bond acceptors (Lipinski definition) is 5. The van der Waals surface area contributed by atoms with Gasteiger partial charge in [0.2, 0.25) is 0 Å². The van der Waals surface area contributed by atoms with E-state index in [1.54, 1.807) is 41.5 Å². The first-order chi connectivity index (χ1) is 10.3. The number of carbonyl (C=O) groups is 2. The molecule has 0 saturated carbocycles. The molecule has 0 saturated heterocycles. The molecular formula is C16H32N2O5. The van der Waals surface area contributed by atoms with E-state index in [2.05, 4.69) is 10.6 Å². The Bertz CT molecular complexity index is 349. The van der Waals surface area contributed by atoms with Crippen molar-refractivity contribution in [1.29, 1.82) is 0 Å². The van der Waals surface area contributed by atoms with Crippen molar-refractivity contribution in [3.63, 3.8) is 0 Å². The van der Waals surface area contributed by atoms with Gasteiger partial charge in [0.1, 0.15) is 11.2 Å². The number of rotatable bonds is 6. The lowest BCUT2D eigenvalue weighted by atomic mass is 10.2. The second-order valence-corrected chi connectivity index (χ2v) is 7.63. The van der Waals surface area contributed by atoms with Crippen LogP contribution in [0, 0.1) is 0 Å². The summed E-state index contributed by atoms with van der Waals surface area (Å²) in [5.41, 5.74) is -1.06. The monoisotopic (exact) mass is 332 g/mol. The van der Waals surface area contributed by atoms with Gasteiger partial charge in [0.15, 0.2) is 0 Å². The van der Waals surface area contributed by atoms with Gasteiger partial charge in [-0.3, -0.25) is 0 Å². The molecule has 0 aromatic rings. The van der Waals surface area contributed by atoms with Gasteiger partial charge in [-0.15, -0.1) is 0 Å². The summed E-state index contributed by atoms with van der Waals surface area (Å²) in [7, 11) is 0. The Morgan fingerprint density at radius 2 is 1.09 bits per heavy atom. The summed E-state index contributed by atoms with van der Waals surface area (Å²) in [5.74, 6) is 0. The lowest BCUT2D eigenvalue weighted by Crippen LogP contribution is -2.42. The first-order valence-electron chi connectivity index (χ1n) is 7.85. The summed E-state index contributed by atoms with van der Waals surface area (Å²) in [4.78, 5) is 23.2. The number of hydrogen-bond donors (Lipinski definition) is 2. The zero-order valence-electron chi connectivity index (χ0n) is 15.6. The van der Waals surface area contributed by atoms with Crippen LogP contribution < -0.4 is 10.6 Å². The number of nitrogens with one attached hydrogen (secondary N) is 2. The Morgan fingerprint density at radius 3 is 1.35 bits per heavy atom. The van der Waals surface area contributed by atoms with Gasteiger partial charge in [-0.2, -0.15) is 0 Å². The van der Waals surface area contributed by atoms with Crippen molar-refractivity contribution in [2.24, 2.45) is 0 Å². The van der Waals surface area contributed by atoms with Crippen LogP contribution in [0.4, 0.5) is 9.59 Å². The SMILES string of the molecule is CC(COCC(C)NC(=O)OC(C)(C)C)NC(=O)OC(C)(C)C. The molecule has 0 rings (SSSR count). The Morgan fingerprint density at radius 1 is 0.783 bits per heavy atom. The molecule has 7 heteroatoms. The summed E-state index contributed by atoms with van der Waals surface area (Å²) in [6.07, 6.45) is -0.956. The third kappa shape index (κ3) is 13.9. The zero-order chi connectivity index (χ0) is 18.3. The van der Waals surface area contributed by atoms with Crippen molar-refractivity contribution in [3.05, 3.63) is 0 Å². The van der Waals surface area contributed by atoms with E-state index in [9.17, 15) is 9.59 Å². The fourth-order valence-corrected chi connectivity index (χ4v) is 1.52. The molecule has 0 radical (unpaired) electrons. The first kappa shape index (κ1) is 21.5. The van der Waals surface area contributed by atoms with Crippen LogP contribution in [0.25, 0.3) is 0 Å². The number of ether oxygens (including phenoxy) is 3. The van der Waals surface area contributed by atoms with Gasteiger partial charge in [-0.05, 0) is 55.4 Å². The van der Waals surface area contributed by atoms with E-state index < -0.39 is 23.4 Å². The largest absolute Gasteiger partial charge is 0.444 e. The molecule has 0 aliphatic rings. The quantitative estimate of drug-likeness (QED) is 0.781. The third-order valence-electron chi connectivity index (χ3n) is 2.26. The molecule has 23 heavy (non-hydrogen) atoms. The maximum Gasteiger partial charge on any atom is 0.407 e. The highest BCUT2D eigenvalue weighted by molar-refractivity contribution is 5.68. The lowest BCUT2D eigenvalue weighted by molar-refractivity contribution is 0.0400. The van der Waals surface area contributed by atoms with Gasteiger partial charge in [-0.25, -0.2) is 9.59 Å². The molecule has 0 aromatic carbocycles. The Balaban J connectivity index is 3.92. The minimum Gasteiger partial charge on any atom is -0.444 e. The molecule has 2 N–H and O–H groups in total. The van der Waals surface area contributed by atoms with Crippen molar-refractivity contribution in [1.82, 2.24) is 10.6 Å². The average Bonchev–Trinajstić information content (AvgIpc) is 2.22. The van der Waals surface area contributed by atoms with Crippen molar-refractivity contribution in [2.75, 3.05) is 13.2 Å². The van der Waals surface area contributed by atoms with Gasteiger partial charge in [0.25, 0.3) is 0 Å². The average molecular weight is 332 g/mol. The van der Waals surface area contributed by atoms with Crippen LogP contribution in [-0.4, -0.2) is 48.7 Å². The van der Waals surface area contributed by atoms with Gasteiger partial charge >= 0.3 is 12.2 Å². The standard InChI is InChI=1S/C16H32N2O5/c1-11(17-13(19)22-15(3,4)5)9-21-10-12(2)18-14(20)23-16(6,7)8/h11-12H,9-10H2,1-8H3,(H,17,19)(H,18,20). The van der Waals surface area contributed by atoms with E-state index in [4.69, 9.17) is 14.2 Å². The summed E-state index contributed by atoms with van der Waals surface area (Å²) < 4.78 is 15.8. The highest BCUT2D eigenvalue weighted by Crippen LogP contribution is 2.07. The molecule has 0 spiro atoms. The van der Waals surface area contributed by atoms with Crippen LogP contribution in [-0.2, 0) is 14.2 Å². The zero-order valence-corrected chi connectivity index (χ0v) is 15.6. The molecule has 0 aliphatic heterocycles. The Hall–Kier alpha value is -1.50. The summed E-state index contributed by atoms with van der Waals surface area (Å²) in [6.45, 7) is 15.1. The second kappa shape index (κ2) is 8.96. The molecule has 7 nitrogen and oxygen atoms in total. The minimum absolute atomic E-state index is 0.196.